The summed E-state index contributed by atoms with van der Waals surface area (Å²) in [5, 5.41) is 3.20. The minimum Gasteiger partial charge on any atom is -0.496 e. The molecule has 1 N–H and O–H groups in total. The van der Waals surface area contributed by atoms with Crippen molar-refractivity contribution in [3.63, 3.8) is 0 Å². The van der Waals surface area contributed by atoms with Gasteiger partial charge in [-0.3, -0.25) is 9.69 Å². The number of methoxy groups -OCH3 is 1. The van der Waals surface area contributed by atoms with Crippen molar-refractivity contribution in [2.45, 2.75) is 62.9 Å². The lowest BCUT2D eigenvalue weighted by atomic mass is 10.0. The van der Waals surface area contributed by atoms with Gasteiger partial charge in [-0.25, -0.2) is 0 Å². The van der Waals surface area contributed by atoms with Gasteiger partial charge in [0.1, 0.15) is 5.75 Å². The number of thiophene rings is 1. The SMILES string of the molecule is COc1ccc(CN2CCCC2C[C@@H](C)NC(=O)c2ccc(SC)s2)c(C)c1C. The van der Waals surface area contributed by atoms with Crippen molar-refractivity contribution < 1.29 is 9.53 Å². The molecule has 0 radical (unpaired) electrons. The Morgan fingerprint density at radius 2 is 2.10 bits per heavy atom. The van der Waals surface area contributed by atoms with Crippen LogP contribution in [0.4, 0.5) is 0 Å². The number of ether oxygens (including phenoxy) is 1. The third-order valence-electron chi connectivity index (χ3n) is 5.95. The first kappa shape index (κ1) is 22.2. The molecule has 6 heteroatoms. The molecule has 0 bridgehead atoms. The van der Waals surface area contributed by atoms with Crippen molar-refractivity contribution in [1.82, 2.24) is 10.2 Å². The first-order chi connectivity index (χ1) is 13.9. The zero-order valence-corrected chi connectivity index (χ0v) is 19.7. The summed E-state index contributed by atoms with van der Waals surface area (Å²) < 4.78 is 6.63. The number of likely N-dealkylation sites (tertiary alicyclic amines) is 1. The molecule has 1 saturated heterocycles. The lowest BCUT2D eigenvalue weighted by molar-refractivity contribution is 0.0935. The van der Waals surface area contributed by atoms with E-state index in [1.165, 1.54) is 33.7 Å². The Morgan fingerprint density at radius 3 is 2.79 bits per heavy atom. The lowest BCUT2D eigenvalue weighted by Gasteiger charge is -2.28. The Hall–Kier alpha value is -1.50. The van der Waals surface area contributed by atoms with E-state index in [0.717, 1.165) is 30.1 Å². The fourth-order valence-electron chi connectivity index (χ4n) is 4.15. The summed E-state index contributed by atoms with van der Waals surface area (Å²) in [5.74, 6) is 1.01. The van der Waals surface area contributed by atoms with Gasteiger partial charge in [0.05, 0.1) is 16.2 Å². The third kappa shape index (κ3) is 5.36. The van der Waals surface area contributed by atoms with Gasteiger partial charge >= 0.3 is 0 Å². The van der Waals surface area contributed by atoms with E-state index in [9.17, 15) is 4.79 Å². The molecule has 4 nitrogen and oxygen atoms in total. The van der Waals surface area contributed by atoms with Crippen LogP contribution in [-0.2, 0) is 6.54 Å². The number of rotatable bonds is 8. The largest absolute Gasteiger partial charge is 0.496 e. The van der Waals surface area contributed by atoms with Crippen molar-refractivity contribution in [3.05, 3.63) is 45.8 Å². The number of nitrogens with zero attached hydrogens (tertiary/aromatic N) is 1. The van der Waals surface area contributed by atoms with Crippen LogP contribution in [0.5, 0.6) is 5.75 Å². The summed E-state index contributed by atoms with van der Waals surface area (Å²) in [6.07, 6.45) is 5.45. The Morgan fingerprint density at radius 1 is 1.31 bits per heavy atom. The van der Waals surface area contributed by atoms with Crippen LogP contribution in [0.15, 0.2) is 28.5 Å². The number of carbonyl (C=O) groups excluding carboxylic acids is 1. The number of benzene rings is 1. The summed E-state index contributed by atoms with van der Waals surface area (Å²) >= 11 is 3.25. The maximum Gasteiger partial charge on any atom is 0.261 e. The fourth-order valence-corrected chi connectivity index (χ4v) is 5.59. The molecule has 1 aromatic heterocycles. The van der Waals surface area contributed by atoms with Gasteiger partial charge in [-0.05, 0) is 87.7 Å². The standard InChI is InChI=1S/C23H32N2O2S2/c1-15(24-23(26)21-10-11-22(28-5)29-21)13-19-7-6-12-25(19)14-18-8-9-20(27-4)17(3)16(18)2/h8-11,15,19H,6-7,12-14H2,1-5H3,(H,24,26)/t15-,19?/m1/s1. The van der Waals surface area contributed by atoms with Crippen molar-refractivity contribution in [1.29, 1.82) is 0 Å². The highest BCUT2D eigenvalue weighted by Gasteiger charge is 2.27. The van der Waals surface area contributed by atoms with Gasteiger partial charge in [-0.1, -0.05) is 6.07 Å². The second-order valence-corrected chi connectivity index (χ2v) is 10.1. The predicted molar refractivity (Wildman–Crippen MR) is 124 cm³/mol. The molecule has 1 unspecified atom stereocenters. The first-order valence-corrected chi connectivity index (χ1v) is 12.3. The van der Waals surface area contributed by atoms with Crippen LogP contribution in [0.1, 0.15) is 52.5 Å². The van der Waals surface area contributed by atoms with Crippen LogP contribution in [0, 0.1) is 13.8 Å². The van der Waals surface area contributed by atoms with Crippen LogP contribution in [0.25, 0.3) is 0 Å². The van der Waals surface area contributed by atoms with Gasteiger partial charge in [0.25, 0.3) is 5.91 Å². The zero-order chi connectivity index (χ0) is 21.0. The second-order valence-electron chi connectivity index (χ2n) is 7.88. The van der Waals surface area contributed by atoms with Gasteiger partial charge in [-0.2, -0.15) is 0 Å². The molecular weight excluding hydrogens is 400 g/mol. The van der Waals surface area contributed by atoms with Crippen molar-refractivity contribution in [2.75, 3.05) is 19.9 Å². The van der Waals surface area contributed by atoms with Crippen LogP contribution >= 0.6 is 23.1 Å². The van der Waals surface area contributed by atoms with E-state index < -0.39 is 0 Å². The summed E-state index contributed by atoms with van der Waals surface area (Å²) in [5.41, 5.74) is 3.91. The molecule has 1 aliphatic heterocycles. The topological polar surface area (TPSA) is 41.6 Å². The molecule has 158 valence electrons. The summed E-state index contributed by atoms with van der Waals surface area (Å²) in [4.78, 5) is 15.9. The normalized spacial score (nSPS) is 18.0. The number of hydrogen-bond acceptors (Lipinski definition) is 5. The number of hydrogen-bond donors (Lipinski definition) is 1. The van der Waals surface area contributed by atoms with Gasteiger partial charge < -0.3 is 10.1 Å². The minimum atomic E-state index is 0.0500. The summed E-state index contributed by atoms with van der Waals surface area (Å²) in [6.45, 7) is 8.52. The number of thioether (sulfide) groups is 1. The lowest BCUT2D eigenvalue weighted by Crippen LogP contribution is -2.39. The van der Waals surface area contributed by atoms with E-state index in [4.69, 9.17) is 4.74 Å². The molecule has 2 aromatic rings. The van der Waals surface area contributed by atoms with E-state index in [-0.39, 0.29) is 11.9 Å². The second kappa shape index (κ2) is 10.0. The molecule has 0 saturated carbocycles. The molecule has 1 aliphatic rings. The maximum atomic E-state index is 12.5. The number of amides is 1. The van der Waals surface area contributed by atoms with E-state index in [2.05, 4.69) is 43.1 Å². The highest BCUT2D eigenvalue weighted by Crippen LogP contribution is 2.29. The molecule has 1 amide bonds. The Labute approximate surface area is 183 Å². The molecule has 0 aliphatic carbocycles. The molecule has 1 fully saturated rings. The summed E-state index contributed by atoms with van der Waals surface area (Å²) in [7, 11) is 1.73. The highest BCUT2D eigenvalue weighted by molar-refractivity contribution is 8.00. The van der Waals surface area contributed by atoms with E-state index in [0.29, 0.717) is 6.04 Å². The monoisotopic (exact) mass is 432 g/mol. The quantitative estimate of drug-likeness (QED) is 0.577. The Balaban J connectivity index is 1.59. The fraction of sp³-hybridized carbons (Fsp3) is 0.522. The Kier molecular flexibility index (Phi) is 7.66. The van der Waals surface area contributed by atoms with Crippen molar-refractivity contribution >= 4 is 29.0 Å². The molecular formula is C23H32N2O2S2. The predicted octanol–water partition coefficient (Wildman–Crippen LogP) is 5.27. The van der Waals surface area contributed by atoms with E-state index in [1.807, 2.05) is 18.4 Å². The van der Waals surface area contributed by atoms with E-state index >= 15 is 0 Å². The molecule has 3 rings (SSSR count). The number of nitrogens with one attached hydrogen (secondary N) is 1. The maximum absolute atomic E-state index is 12.5. The Bertz CT molecular complexity index is 849. The third-order valence-corrected chi connectivity index (χ3v) is 8.12. The van der Waals surface area contributed by atoms with Crippen LogP contribution in [-0.4, -0.2) is 42.8 Å². The minimum absolute atomic E-state index is 0.0500. The van der Waals surface area contributed by atoms with Gasteiger partial charge in [0, 0.05) is 18.6 Å². The average Bonchev–Trinajstić information content (AvgIpc) is 3.35. The first-order valence-electron chi connectivity index (χ1n) is 10.2. The smallest absolute Gasteiger partial charge is 0.261 e. The molecule has 2 heterocycles. The summed E-state index contributed by atoms with van der Waals surface area (Å²) in [6, 6.07) is 8.89. The highest BCUT2D eigenvalue weighted by atomic mass is 32.2. The van der Waals surface area contributed by atoms with Crippen molar-refractivity contribution in [2.24, 2.45) is 0 Å². The molecule has 0 spiro atoms. The molecule has 29 heavy (non-hydrogen) atoms. The van der Waals surface area contributed by atoms with Gasteiger partial charge in [-0.15, -0.1) is 23.1 Å². The number of carbonyl (C=O) groups is 1. The van der Waals surface area contributed by atoms with Crippen LogP contribution in [0.2, 0.25) is 0 Å². The molecule has 1 aromatic carbocycles. The van der Waals surface area contributed by atoms with Gasteiger partial charge in [0.2, 0.25) is 0 Å². The van der Waals surface area contributed by atoms with Crippen LogP contribution < -0.4 is 10.1 Å². The zero-order valence-electron chi connectivity index (χ0n) is 18.1. The molecule has 2 atom stereocenters. The van der Waals surface area contributed by atoms with E-state index in [1.54, 1.807) is 30.2 Å². The van der Waals surface area contributed by atoms with Crippen molar-refractivity contribution in [3.8, 4) is 5.75 Å². The van der Waals surface area contributed by atoms with Gasteiger partial charge in [0.15, 0.2) is 0 Å². The average molecular weight is 433 g/mol. The van der Waals surface area contributed by atoms with Crippen LogP contribution in [0.3, 0.4) is 0 Å².